The summed E-state index contributed by atoms with van der Waals surface area (Å²) in [7, 11) is 0. The Morgan fingerprint density at radius 3 is 2.53 bits per heavy atom. The number of benzene rings is 1. The summed E-state index contributed by atoms with van der Waals surface area (Å²) < 4.78 is 48.1. The highest BCUT2D eigenvalue weighted by molar-refractivity contribution is 6.30. The number of pyridine rings is 1. The van der Waals surface area contributed by atoms with Crippen LogP contribution in [-0.4, -0.2) is 30.1 Å². The Balaban J connectivity index is 1.49. The van der Waals surface area contributed by atoms with E-state index in [1.807, 2.05) is 6.07 Å². The third-order valence-corrected chi connectivity index (χ3v) is 6.94. The molecule has 1 aliphatic heterocycles. The van der Waals surface area contributed by atoms with E-state index in [0.29, 0.717) is 18.2 Å². The maximum atomic E-state index is 12.6. The second-order valence-corrected chi connectivity index (χ2v) is 9.39. The molecular weight excluding hydrogens is 441 g/mol. The van der Waals surface area contributed by atoms with Crippen LogP contribution in [0.3, 0.4) is 0 Å². The Kier molecular flexibility index (Phi) is 6.98. The first-order valence-corrected chi connectivity index (χ1v) is 11.5. The maximum absolute atomic E-state index is 12.6. The van der Waals surface area contributed by atoms with Crippen molar-refractivity contribution in [1.82, 2.24) is 10.3 Å². The number of hydrogen-bond acceptors (Lipinski definition) is 4. The molecule has 174 valence electrons. The van der Waals surface area contributed by atoms with Gasteiger partial charge in [0.2, 0.25) is 0 Å². The molecule has 2 aromatic rings. The largest absolute Gasteiger partial charge is 0.573 e. The van der Waals surface area contributed by atoms with Crippen molar-refractivity contribution in [2.24, 2.45) is 0 Å². The highest BCUT2D eigenvalue weighted by Gasteiger charge is 2.47. The fourth-order valence-corrected chi connectivity index (χ4v) is 5.48. The number of nitrogens with zero attached hydrogens (tertiary/aromatic N) is 1. The molecule has 1 aliphatic carbocycles. The van der Waals surface area contributed by atoms with Gasteiger partial charge in [-0.1, -0.05) is 36.6 Å². The fraction of sp³-hybridized carbons (Fsp3) is 0.542. The first kappa shape index (κ1) is 23.3. The molecule has 32 heavy (non-hydrogen) atoms. The van der Waals surface area contributed by atoms with Crippen LogP contribution in [0.2, 0.25) is 5.02 Å². The van der Waals surface area contributed by atoms with Gasteiger partial charge in [-0.15, -0.1) is 13.2 Å². The van der Waals surface area contributed by atoms with Crippen molar-refractivity contribution in [2.75, 3.05) is 13.2 Å². The van der Waals surface area contributed by atoms with Gasteiger partial charge < -0.3 is 14.8 Å². The summed E-state index contributed by atoms with van der Waals surface area (Å²) >= 11 is 6.02. The molecule has 1 saturated carbocycles. The van der Waals surface area contributed by atoms with Crippen LogP contribution in [0.25, 0.3) is 0 Å². The summed E-state index contributed by atoms with van der Waals surface area (Å²) in [5, 5.41) is 4.09. The van der Waals surface area contributed by atoms with E-state index in [9.17, 15) is 13.2 Å². The van der Waals surface area contributed by atoms with Gasteiger partial charge in [-0.3, -0.25) is 4.98 Å². The van der Waals surface area contributed by atoms with E-state index in [1.165, 1.54) is 12.1 Å². The standard InChI is InChI=1S/C24H28ClF3N2O2/c25-20-13-18(15-30-16-20)14-29-11-9-22(10-12-31-23(17-22)7-1-2-8-23)19-3-5-21(6-4-19)32-24(26,27)28/h3-6,13,15-16,29H,1-2,7-12,14,17H2/t22-/m1/s1. The van der Waals surface area contributed by atoms with Crippen LogP contribution < -0.4 is 10.1 Å². The monoisotopic (exact) mass is 468 g/mol. The van der Waals surface area contributed by atoms with Crippen molar-refractivity contribution < 1.29 is 22.6 Å². The predicted octanol–water partition coefficient (Wildman–Crippen LogP) is 6.17. The van der Waals surface area contributed by atoms with E-state index in [4.69, 9.17) is 16.3 Å². The van der Waals surface area contributed by atoms with Crippen LogP contribution in [0.4, 0.5) is 13.2 Å². The molecule has 1 aromatic heterocycles. The number of ether oxygens (including phenoxy) is 2. The van der Waals surface area contributed by atoms with Crippen molar-refractivity contribution in [3.05, 3.63) is 58.9 Å². The number of alkyl halides is 3. The predicted molar refractivity (Wildman–Crippen MR) is 117 cm³/mol. The van der Waals surface area contributed by atoms with Gasteiger partial charge in [-0.25, -0.2) is 0 Å². The molecule has 8 heteroatoms. The fourth-order valence-electron chi connectivity index (χ4n) is 5.29. The van der Waals surface area contributed by atoms with Crippen molar-refractivity contribution in [1.29, 1.82) is 0 Å². The van der Waals surface area contributed by atoms with Gasteiger partial charge in [0.15, 0.2) is 0 Å². The molecule has 2 heterocycles. The average molecular weight is 469 g/mol. The summed E-state index contributed by atoms with van der Waals surface area (Å²) in [5.41, 5.74) is 1.79. The van der Waals surface area contributed by atoms with Crippen LogP contribution in [0.5, 0.6) is 5.75 Å². The topological polar surface area (TPSA) is 43.4 Å². The SMILES string of the molecule is FC(F)(F)Oc1ccc([C@]2(CCNCc3cncc(Cl)c3)CCOC3(CCCC3)C2)cc1. The number of hydrogen-bond donors (Lipinski definition) is 1. The molecule has 1 saturated heterocycles. The zero-order valence-corrected chi connectivity index (χ0v) is 18.6. The lowest BCUT2D eigenvalue weighted by atomic mass is 9.66. The highest BCUT2D eigenvalue weighted by Crippen LogP contribution is 2.50. The Labute approximate surface area is 191 Å². The van der Waals surface area contributed by atoms with E-state index >= 15 is 0 Å². The molecule has 4 rings (SSSR count). The molecule has 1 spiro atoms. The minimum atomic E-state index is -4.69. The Morgan fingerprint density at radius 1 is 1.09 bits per heavy atom. The van der Waals surface area contributed by atoms with Crippen molar-refractivity contribution >= 4 is 11.6 Å². The van der Waals surface area contributed by atoms with Crippen molar-refractivity contribution in [3.63, 3.8) is 0 Å². The van der Waals surface area contributed by atoms with Gasteiger partial charge in [0, 0.05) is 31.0 Å². The molecule has 0 radical (unpaired) electrons. The second-order valence-electron chi connectivity index (χ2n) is 8.96. The molecule has 0 bridgehead atoms. The molecule has 2 aliphatic rings. The van der Waals surface area contributed by atoms with Gasteiger partial charge in [-0.05, 0) is 68.0 Å². The van der Waals surface area contributed by atoms with Crippen molar-refractivity contribution in [3.8, 4) is 5.75 Å². The van der Waals surface area contributed by atoms with E-state index < -0.39 is 6.36 Å². The first-order valence-electron chi connectivity index (χ1n) is 11.1. The third-order valence-electron chi connectivity index (χ3n) is 6.74. The molecule has 0 amide bonds. The smallest absolute Gasteiger partial charge is 0.406 e. The van der Waals surface area contributed by atoms with Gasteiger partial charge in [0.25, 0.3) is 0 Å². The number of nitrogens with one attached hydrogen (secondary N) is 1. The van der Waals surface area contributed by atoms with E-state index in [0.717, 1.165) is 62.6 Å². The maximum Gasteiger partial charge on any atom is 0.573 e. The third kappa shape index (κ3) is 5.74. The lowest BCUT2D eigenvalue weighted by molar-refractivity contribution is -0.274. The van der Waals surface area contributed by atoms with Crippen LogP contribution in [0.1, 0.15) is 56.1 Å². The van der Waals surface area contributed by atoms with Gasteiger partial charge in [-0.2, -0.15) is 0 Å². The summed E-state index contributed by atoms with van der Waals surface area (Å²) in [6, 6.07) is 8.31. The summed E-state index contributed by atoms with van der Waals surface area (Å²) in [6.07, 6.45) is 5.72. The molecule has 1 atom stereocenters. The van der Waals surface area contributed by atoms with E-state index in [-0.39, 0.29) is 16.8 Å². The number of aromatic nitrogens is 1. The molecular formula is C24H28ClF3N2O2. The first-order chi connectivity index (χ1) is 15.3. The summed E-state index contributed by atoms with van der Waals surface area (Å²) in [6.45, 7) is 2.09. The molecule has 1 N–H and O–H groups in total. The Morgan fingerprint density at radius 2 is 1.84 bits per heavy atom. The molecule has 1 aromatic carbocycles. The van der Waals surface area contributed by atoms with Crippen LogP contribution in [-0.2, 0) is 16.7 Å². The lowest BCUT2D eigenvalue weighted by Crippen LogP contribution is -2.47. The summed E-state index contributed by atoms with van der Waals surface area (Å²) in [5.74, 6) is -0.189. The minimum Gasteiger partial charge on any atom is -0.406 e. The van der Waals surface area contributed by atoms with E-state index in [1.54, 1.807) is 24.5 Å². The zero-order chi connectivity index (χ0) is 22.7. The number of rotatable bonds is 7. The second kappa shape index (κ2) is 9.57. The zero-order valence-electron chi connectivity index (χ0n) is 17.9. The van der Waals surface area contributed by atoms with Crippen LogP contribution in [0, 0.1) is 0 Å². The van der Waals surface area contributed by atoms with Gasteiger partial charge >= 0.3 is 6.36 Å². The Hall–Kier alpha value is -1.83. The Bertz CT molecular complexity index is 901. The average Bonchev–Trinajstić information content (AvgIpc) is 3.18. The molecule has 0 unspecified atom stereocenters. The molecule has 2 fully saturated rings. The van der Waals surface area contributed by atoms with Crippen LogP contribution >= 0.6 is 11.6 Å². The molecule has 4 nitrogen and oxygen atoms in total. The summed E-state index contributed by atoms with van der Waals surface area (Å²) in [4.78, 5) is 4.12. The minimum absolute atomic E-state index is 0.115. The lowest BCUT2D eigenvalue weighted by Gasteiger charge is -2.47. The quantitative estimate of drug-likeness (QED) is 0.493. The number of halogens is 4. The van der Waals surface area contributed by atoms with E-state index in [2.05, 4.69) is 15.0 Å². The van der Waals surface area contributed by atoms with Gasteiger partial charge in [0.1, 0.15) is 5.75 Å². The highest BCUT2D eigenvalue weighted by atomic mass is 35.5. The van der Waals surface area contributed by atoms with Crippen molar-refractivity contribution in [2.45, 2.75) is 68.9 Å². The normalized spacial score (nSPS) is 22.9. The van der Waals surface area contributed by atoms with Gasteiger partial charge in [0.05, 0.1) is 10.6 Å². The van der Waals surface area contributed by atoms with Crippen LogP contribution in [0.15, 0.2) is 42.7 Å².